The topological polar surface area (TPSA) is 47.3 Å². The van der Waals surface area contributed by atoms with Crippen molar-refractivity contribution in [2.24, 2.45) is 0 Å². The molecule has 0 amide bonds. The molecular formula is C15H19FN2O2. The molecule has 1 unspecified atom stereocenters. The van der Waals surface area contributed by atoms with E-state index in [2.05, 4.69) is 5.10 Å². The fourth-order valence-electron chi connectivity index (χ4n) is 1.87. The van der Waals surface area contributed by atoms with Crippen LogP contribution < -0.4 is 4.74 Å². The van der Waals surface area contributed by atoms with Gasteiger partial charge in [0.2, 0.25) is 0 Å². The van der Waals surface area contributed by atoms with E-state index in [1.807, 2.05) is 13.8 Å². The van der Waals surface area contributed by atoms with Crippen LogP contribution in [0.2, 0.25) is 0 Å². The summed E-state index contributed by atoms with van der Waals surface area (Å²) >= 11 is 0. The van der Waals surface area contributed by atoms with E-state index in [1.54, 1.807) is 37.0 Å². The van der Waals surface area contributed by atoms with Gasteiger partial charge in [0.25, 0.3) is 0 Å². The molecule has 0 bridgehead atoms. The summed E-state index contributed by atoms with van der Waals surface area (Å²) in [6, 6.07) is 3.13. The molecular weight excluding hydrogens is 259 g/mol. The van der Waals surface area contributed by atoms with Crippen molar-refractivity contribution >= 4 is 0 Å². The Labute approximate surface area is 117 Å². The Balaban J connectivity index is 2.34. The zero-order valence-electron chi connectivity index (χ0n) is 12.1. The molecule has 1 N–H and O–H groups in total. The van der Waals surface area contributed by atoms with Gasteiger partial charge in [0.1, 0.15) is 11.6 Å². The molecule has 5 heteroatoms. The van der Waals surface area contributed by atoms with Gasteiger partial charge in [-0.1, -0.05) is 0 Å². The van der Waals surface area contributed by atoms with Crippen molar-refractivity contribution in [2.75, 3.05) is 0 Å². The smallest absolute Gasteiger partial charge is 0.165 e. The summed E-state index contributed by atoms with van der Waals surface area (Å²) in [5.41, 5.74) is 0.894. The molecule has 0 saturated heterocycles. The van der Waals surface area contributed by atoms with Crippen molar-refractivity contribution in [3.05, 3.63) is 41.5 Å². The highest BCUT2D eigenvalue weighted by Gasteiger charge is 2.14. The summed E-state index contributed by atoms with van der Waals surface area (Å²) in [4.78, 5) is 0. The van der Waals surface area contributed by atoms with E-state index in [9.17, 15) is 9.50 Å². The van der Waals surface area contributed by atoms with Crippen molar-refractivity contribution < 1.29 is 14.2 Å². The SMILES string of the molecule is Cc1cc(Oc2cnn(C(C)C)c2)c(C(C)O)cc1F. The molecule has 108 valence electrons. The van der Waals surface area contributed by atoms with Crippen LogP contribution in [0.3, 0.4) is 0 Å². The lowest BCUT2D eigenvalue weighted by molar-refractivity contribution is 0.195. The van der Waals surface area contributed by atoms with Gasteiger partial charge in [-0.15, -0.1) is 0 Å². The van der Waals surface area contributed by atoms with E-state index >= 15 is 0 Å². The van der Waals surface area contributed by atoms with Gasteiger partial charge in [0.05, 0.1) is 18.5 Å². The quantitative estimate of drug-likeness (QED) is 0.926. The van der Waals surface area contributed by atoms with E-state index in [0.29, 0.717) is 22.6 Å². The molecule has 0 aliphatic carbocycles. The number of aliphatic hydroxyl groups excluding tert-OH is 1. The van der Waals surface area contributed by atoms with E-state index in [1.165, 1.54) is 6.07 Å². The predicted molar refractivity (Wildman–Crippen MR) is 74.5 cm³/mol. The van der Waals surface area contributed by atoms with Gasteiger partial charge >= 0.3 is 0 Å². The van der Waals surface area contributed by atoms with Gasteiger partial charge in [0.15, 0.2) is 5.75 Å². The van der Waals surface area contributed by atoms with Crippen LogP contribution in [0.5, 0.6) is 11.5 Å². The molecule has 2 rings (SSSR count). The number of rotatable bonds is 4. The molecule has 1 heterocycles. The molecule has 1 atom stereocenters. The van der Waals surface area contributed by atoms with E-state index in [0.717, 1.165) is 0 Å². The Morgan fingerprint density at radius 2 is 2.00 bits per heavy atom. The van der Waals surface area contributed by atoms with Gasteiger partial charge in [-0.2, -0.15) is 5.10 Å². The van der Waals surface area contributed by atoms with Gasteiger partial charge in [-0.25, -0.2) is 4.39 Å². The first-order valence-electron chi connectivity index (χ1n) is 6.58. The standard InChI is InChI=1S/C15H19FN2O2/c1-9(2)18-8-12(7-17-18)20-15-5-10(3)14(16)6-13(15)11(4)19/h5-9,11,19H,1-4H3. The Kier molecular flexibility index (Phi) is 4.09. The van der Waals surface area contributed by atoms with Crippen LogP contribution >= 0.6 is 0 Å². The van der Waals surface area contributed by atoms with E-state index < -0.39 is 6.10 Å². The van der Waals surface area contributed by atoms with Gasteiger partial charge in [-0.3, -0.25) is 4.68 Å². The van der Waals surface area contributed by atoms with Gasteiger partial charge in [-0.05, 0) is 45.4 Å². The summed E-state index contributed by atoms with van der Waals surface area (Å²) in [6.07, 6.45) is 2.57. The molecule has 4 nitrogen and oxygen atoms in total. The van der Waals surface area contributed by atoms with Gasteiger partial charge < -0.3 is 9.84 Å². The lowest BCUT2D eigenvalue weighted by Gasteiger charge is -2.13. The maximum Gasteiger partial charge on any atom is 0.165 e. The van der Waals surface area contributed by atoms with Crippen molar-refractivity contribution in [3.8, 4) is 11.5 Å². The first kappa shape index (κ1) is 14.5. The maximum absolute atomic E-state index is 13.6. The molecule has 20 heavy (non-hydrogen) atoms. The number of aliphatic hydroxyl groups is 1. The predicted octanol–water partition coefficient (Wildman–Crippen LogP) is 3.76. The second kappa shape index (κ2) is 5.63. The van der Waals surface area contributed by atoms with Crippen LogP contribution in [0.4, 0.5) is 4.39 Å². The minimum atomic E-state index is -0.805. The third-order valence-corrected chi connectivity index (χ3v) is 3.08. The Hall–Kier alpha value is -1.88. The Morgan fingerprint density at radius 3 is 2.55 bits per heavy atom. The lowest BCUT2D eigenvalue weighted by atomic mass is 10.1. The molecule has 0 spiro atoms. The maximum atomic E-state index is 13.6. The number of halogens is 1. The molecule has 0 aliphatic heterocycles. The molecule has 0 radical (unpaired) electrons. The van der Waals surface area contributed by atoms with Crippen molar-refractivity contribution in [1.29, 1.82) is 0 Å². The summed E-state index contributed by atoms with van der Waals surface area (Å²) in [7, 11) is 0. The van der Waals surface area contributed by atoms with Crippen LogP contribution in [0.25, 0.3) is 0 Å². The Bertz CT molecular complexity index is 606. The number of aryl methyl sites for hydroxylation is 1. The van der Waals surface area contributed by atoms with Crippen molar-refractivity contribution in [3.63, 3.8) is 0 Å². The fraction of sp³-hybridized carbons (Fsp3) is 0.400. The molecule has 2 aromatic rings. The number of ether oxygens (including phenoxy) is 1. The number of hydrogen-bond donors (Lipinski definition) is 1. The molecule has 0 fully saturated rings. The highest BCUT2D eigenvalue weighted by molar-refractivity contribution is 5.41. The lowest BCUT2D eigenvalue weighted by Crippen LogP contribution is -2.00. The zero-order chi connectivity index (χ0) is 14.9. The minimum Gasteiger partial charge on any atom is -0.454 e. The van der Waals surface area contributed by atoms with Crippen molar-refractivity contribution in [2.45, 2.75) is 39.8 Å². The van der Waals surface area contributed by atoms with Crippen LogP contribution in [0, 0.1) is 12.7 Å². The van der Waals surface area contributed by atoms with Crippen LogP contribution in [0.15, 0.2) is 24.5 Å². The number of benzene rings is 1. The molecule has 0 aliphatic rings. The van der Waals surface area contributed by atoms with Crippen LogP contribution in [0.1, 0.15) is 44.0 Å². The summed E-state index contributed by atoms with van der Waals surface area (Å²) in [5, 5.41) is 13.9. The normalized spacial score (nSPS) is 12.8. The second-order valence-electron chi connectivity index (χ2n) is 5.17. The number of nitrogens with zero attached hydrogens (tertiary/aromatic N) is 2. The fourth-order valence-corrected chi connectivity index (χ4v) is 1.87. The summed E-state index contributed by atoms with van der Waals surface area (Å²) in [5.74, 6) is 0.653. The average Bonchev–Trinajstić information content (AvgIpc) is 2.82. The monoisotopic (exact) mass is 278 g/mol. The molecule has 1 aromatic carbocycles. The highest BCUT2D eigenvalue weighted by Crippen LogP contribution is 2.32. The first-order chi connectivity index (χ1) is 9.38. The van der Waals surface area contributed by atoms with Crippen molar-refractivity contribution in [1.82, 2.24) is 9.78 Å². The van der Waals surface area contributed by atoms with Crippen LogP contribution in [-0.2, 0) is 0 Å². The van der Waals surface area contributed by atoms with E-state index in [4.69, 9.17) is 4.74 Å². The largest absolute Gasteiger partial charge is 0.454 e. The molecule has 1 aromatic heterocycles. The van der Waals surface area contributed by atoms with Gasteiger partial charge in [0, 0.05) is 11.6 Å². The second-order valence-corrected chi connectivity index (χ2v) is 5.17. The third kappa shape index (κ3) is 2.99. The molecule has 0 saturated carbocycles. The van der Waals surface area contributed by atoms with Crippen LogP contribution in [-0.4, -0.2) is 14.9 Å². The number of aromatic nitrogens is 2. The minimum absolute atomic E-state index is 0.235. The summed E-state index contributed by atoms with van der Waals surface area (Å²) < 4.78 is 21.1. The average molecular weight is 278 g/mol. The third-order valence-electron chi connectivity index (χ3n) is 3.08. The summed E-state index contributed by atoms with van der Waals surface area (Å²) in [6.45, 7) is 7.26. The number of hydrogen-bond acceptors (Lipinski definition) is 3. The zero-order valence-corrected chi connectivity index (χ0v) is 12.1. The van der Waals surface area contributed by atoms with E-state index in [-0.39, 0.29) is 11.9 Å². The highest BCUT2D eigenvalue weighted by atomic mass is 19.1. The Morgan fingerprint density at radius 1 is 1.30 bits per heavy atom. The first-order valence-corrected chi connectivity index (χ1v) is 6.58.